The highest BCUT2D eigenvalue weighted by atomic mass is 32.2. The summed E-state index contributed by atoms with van der Waals surface area (Å²) in [4.78, 5) is 21.1. The number of aromatic nitrogens is 3. The molecule has 2 saturated heterocycles. The van der Waals surface area contributed by atoms with Gasteiger partial charge in [0.05, 0.1) is 12.4 Å². The fourth-order valence-corrected chi connectivity index (χ4v) is 5.87. The molecule has 0 saturated carbocycles. The van der Waals surface area contributed by atoms with E-state index in [2.05, 4.69) is 9.97 Å². The number of nitrogens with zero attached hydrogens (tertiary/aromatic N) is 3. The number of fused-ring (bicyclic) bond motifs is 3. The van der Waals surface area contributed by atoms with E-state index in [1.54, 1.807) is 29.2 Å². The number of hydrogen-bond donors (Lipinski definition) is 0. The second-order valence-electron chi connectivity index (χ2n) is 5.98. The summed E-state index contributed by atoms with van der Waals surface area (Å²) < 4.78 is 14.1. The highest BCUT2D eigenvalue weighted by Crippen LogP contribution is 2.38. The average molecular weight is 303 g/mol. The molecule has 0 aromatic carbocycles. The van der Waals surface area contributed by atoms with Gasteiger partial charge in [0, 0.05) is 39.6 Å². The summed E-state index contributed by atoms with van der Waals surface area (Å²) >= 11 is 0. The van der Waals surface area contributed by atoms with Crippen LogP contribution < -0.4 is 0 Å². The number of ketones is 1. The molecular weight excluding hydrogens is 286 g/mol. The normalized spacial score (nSPS) is 32.2. The lowest BCUT2D eigenvalue weighted by atomic mass is 9.86. The van der Waals surface area contributed by atoms with Crippen LogP contribution in [0.2, 0.25) is 0 Å². The molecule has 6 heteroatoms. The molecule has 0 N–H and O–H groups in total. The van der Waals surface area contributed by atoms with Gasteiger partial charge in [0.1, 0.15) is 5.69 Å². The van der Waals surface area contributed by atoms with Crippen molar-refractivity contribution in [2.45, 2.75) is 42.6 Å². The summed E-state index contributed by atoms with van der Waals surface area (Å²) in [6.07, 6.45) is 11.4. The quantitative estimate of drug-likeness (QED) is 0.796. The summed E-state index contributed by atoms with van der Waals surface area (Å²) in [5.74, 6) is 0.133. The van der Waals surface area contributed by atoms with E-state index in [4.69, 9.17) is 0 Å². The van der Waals surface area contributed by atoms with Crippen LogP contribution in [0.25, 0.3) is 5.65 Å². The molecule has 2 aliphatic rings. The van der Waals surface area contributed by atoms with E-state index in [0.29, 0.717) is 11.3 Å². The lowest BCUT2D eigenvalue weighted by molar-refractivity contribution is 0.0889. The minimum absolute atomic E-state index is 0.00827. The van der Waals surface area contributed by atoms with E-state index in [0.717, 1.165) is 32.1 Å². The van der Waals surface area contributed by atoms with Crippen molar-refractivity contribution in [2.75, 3.05) is 0 Å². The molecule has 110 valence electrons. The molecule has 0 radical (unpaired) electrons. The van der Waals surface area contributed by atoms with Crippen LogP contribution in [-0.4, -0.2) is 34.9 Å². The Labute approximate surface area is 125 Å². The lowest BCUT2D eigenvalue weighted by Crippen LogP contribution is -2.41. The molecule has 21 heavy (non-hydrogen) atoms. The van der Waals surface area contributed by atoms with Crippen molar-refractivity contribution in [2.24, 2.45) is 5.92 Å². The summed E-state index contributed by atoms with van der Waals surface area (Å²) in [6.45, 7) is 0. The zero-order valence-corrected chi connectivity index (χ0v) is 12.5. The molecule has 2 unspecified atom stereocenters. The van der Waals surface area contributed by atoms with Gasteiger partial charge in [-0.2, -0.15) is 0 Å². The Morgan fingerprint density at radius 1 is 1.24 bits per heavy atom. The number of Topliss-reactive ketones (excluding diaryl/α,β-unsaturated/α-hetero) is 1. The van der Waals surface area contributed by atoms with Crippen LogP contribution in [0.1, 0.15) is 42.6 Å². The third kappa shape index (κ3) is 2.12. The molecule has 2 bridgehead atoms. The van der Waals surface area contributed by atoms with Crippen LogP contribution in [0, 0.1) is 5.92 Å². The van der Waals surface area contributed by atoms with E-state index in [9.17, 15) is 9.00 Å². The molecule has 2 aliphatic heterocycles. The molecule has 2 fully saturated rings. The van der Waals surface area contributed by atoms with Crippen LogP contribution in [0.15, 0.2) is 24.8 Å². The van der Waals surface area contributed by atoms with Crippen molar-refractivity contribution in [3.8, 4) is 0 Å². The van der Waals surface area contributed by atoms with Gasteiger partial charge in [-0.3, -0.25) is 18.4 Å². The summed E-state index contributed by atoms with van der Waals surface area (Å²) in [5, 5.41) is 0.430. The maximum atomic E-state index is 12.8. The maximum absolute atomic E-state index is 12.8. The second-order valence-corrected chi connectivity index (χ2v) is 7.97. The van der Waals surface area contributed by atoms with E-state index in [-0.39, 0.29) is 22.2 Å². The Kier molecular flexibility index (Phi) is 3.14. The van der Waals surface area contributed by atoms with Gasteiger partial charge in [-0.25, -0.2) is 4.98 Å². The van der Waals surface area contributed by atoms with Gasteiger partial charge in [0.25, 0.3) is 0 Å². The van der Waals surface area contributed by atoms with Gasteiger partial charge in [0.15, 0.2) is 11.4 Å². The average Bonchev–Trinajstić information content (AvgIpc) is 2.90. The zero-order chi connectivity index (χ0) is 14.4. The lowest BCUT2D eigenvalue weighted by Gasteiger charge is -2.37. The Morgan fingerprint density at radius 3 is 2.76 bits per heavy atom. The van der Waals surface area contributed by atoms with Crippen molar-refractivity contribution in [1.29, 1.82) is 0 Å². The Bertz CT molecular complexity index is 711. The van der Waals surface area contributed by atoms with Gasteiger partial charge in [-0.15, -0.1) is 0 Å². The van der Waals surface area contributed by atoms with Crippen molar-refractivity contribution in [1.82, 2.24) is 14.4 Å². The minimum Gasteiger partial charge on any atom is -0.294 e. The van der Waals surface area contributed by atoms with Gasteiger partial charge in [-0.05, 0) is 25.7 Å². The molecule has 2 atom stereocenters. The number of rotatable bonds is 2. The van der Waals surface area contributed by atoms with E-state index in [1.165, 1.54) is 0 Å². The molecule has 0 aliphatic carbocycles. The van der Waals surface area contributed by atoms with Crippen LogP contribution in [-0.2, 0) is 10.8 Å². The maximum Gasteiger partial charge on any atom is 0.184 e. The third-order valence-corrected chi connectivity index (χ3v) is 6.92. The van der Waals surface area contributed by atoms with Crippen molar-refractivity contribution in [3.05, 3.63) is 30.5 Å². The third-order valence-electron chi connectivity index (χ3n) is 4.74. The molecule has 0 amide bonds. The predicted octanol–water partition coefficient (Wildman–Crippen LogP) is 1.99. The first kappa shape index (κ1) is 13.1. The molecular formula is C15H17N3O2S. The fourth-order valence-electron chi connectivity index (χ4n) is 3.68. The van der Waals surface area contributed by atoms with Crippen LogP contribution in [0.3, 0.4) is 0 Å². The van der Waals surface area contributed by atoms with E-state index >= 15 is 0 Å². The predicted molar refractivity (Wildman–Crippen MR) is 79.6 cm³/mol. The SMILES string of the molecule is O=C(c1cnc2cnccn12)C1CC2CCCC(C1)S2=O. The topological polar surface area (TPSA) is 64.3 Å². The number of imidazole rings is 1. The molecule has 5 nitrogen and oxygen atoms in total. The van der Waals surface area contributed by atoms with Crippen molar-refractivity contribution < 1.29 is 9.00 Å². The van der Waals surface area contributed by atoms with Gasteiger partial charge < -0.3 is 0 Å². The molecule has 2 aromatic heterocycles. The van der Waals surface area contributed by atoms with Crippen LogP contribution in [0.4, 0.5) is 0 Å². The standard InChI is InChI=1S/C15H17N3O2S/c19-15(13-8-17-14-9-16-4-5-18(13)14)10-6-11-2-1-3-12(7-10)21(11)20/h4-5,8-12H,1-3,6-7H2. The first-order chi connectivity index (χ1) is 10.2. The fraction of sp³-hybridized carbons (Fsp3) is 0.533. The number of hydrogen-bond acceptors (Lipinski definition) is 4. The Morgan fingerprint density at radius 2 is 2.00 bits per heavy atom. The van der Waals surface area contributed by atoms with Crippen molar-refractivity contribution in [3.63, 3.8) is 0 Å². The van der Waals surface area contributed by atoms with Crippen LogP contribution >= 0.6 is 0 Å². The highest BCUT2D eigenvalue weighted by Gasteiger charge is 2.41. The van der Waals surface area contributed by atoms with Crippen LogP contribution in [0.5, 0.6) is 0 Å². The van der Waals surface area contributed by atoms with E-state index in [1.807, 2.05) is 0 Å². The largest absolute Gasteiger partial charge is 0.294 e. The first-order valence-electron chi connectivity index (χ1n) is 7.44. The zero-order valence-electron chi connectivity index (χ0n) is 11.6. The number of carbonyl (C=O) groups excluding carboxylic acids is 1. The minimum atomic E-state index is -0.732. The monoisotopic (exact) mass is 303 g/mol. The van der Waals surface area contributed by atoms with Gasteiger partial charge in [-0.1, -0.05) is 6.42 Å². The number of carbonyl (C=O) groups is 1. The summed E-state index contributed by atoms with van der Waals surface area (Å²) in [5.41, 5.74) is 1.32. The first-order valence-corrected chi connectivity index (χ1v) is 8.72. The molecule has 2 aromatic rings. The molecule has 0 spiro atoms. The Balaban J connectivity index is 1.65. The van der Waals surface area contributed by atoms with Crippen molar-refractivity contribution >= 4 is 22.2 Å². The summed E-state index contributed by atoms with van der Waals surface area (Å²) in [6, 6.07) is 0. The second kappa shape index (κ2) is 5.02. The molecule has 4 rings (SSSR count). The smallest absolute Gasteiger partial charge is 0.184 e. The van der Waals surface area contributed by atoms with Gasteiger partial charge in [0.2, 0.25) is 0 Å². The summed E-state index contributed by atoms with van der Waals surface area (Å²) in [7, 11) is -0.732. The highest BCUT2D eigenvalue weighted by molar-refractivity contribution is 7.86. The molecule has 4 heterocycles. The Hall–Kier alpha value is -1.56. The van der Waals surface area contributed by atoms with E-state index < -0.39 is 10.8 Å². The van der Waals surface area contributed by atoms with Gasteiger partial charge >= 0.3 is 0 Å².